The molecule has 2 heterocycles. The van der Waals surface area contributed by atoms with E-state index in [0.717, 1.165) is 23.3 Å². The minimum atomic E-state index is -0.550. The summed E-state index contributed by atoms with van der Waals surface area (Å²) in [5.74, 6) is 1.35. The Morgan fingerprint density at radius 3 is 2.36 bits per heavy atom. The molecule has 33 heavy (non-hydrogen) atoms. The van der Waals surface area contributed by atoms with E-state index in [-0.39, 0.29) is 11.8 Å². The number of rotatable bonds is 6. The minimum Gasteiger partial charge on any atom is -0.497 e. The van der Waals surface area contributed by atoms with Crippen molar-refractivity contribution in [3.63, 3.8) is 0 Å². The zero-order valence-corrected chi connectivity index (χ0v) is 18.9. The number of carbonyl (C=O) groups excluding carboxylic acids is 2. The van der Waals surface area contributed by atoms with Gasteiger partial charge in [0.2, 0.25) is 0 Å². The molecular formula is C25H26N4O4. The van der Waals surface area contributed by atoms with Gasteiger partial charge in [-0.2, -0.15) is 0 Å². The molecule has 8 heteroatoms. The topological polar surface area (TPSA) is 108 Å². The molecule has 1 saturated heterocycles. The average Bonchev–Trinajstić information content (AvgIpc) is 3.33. The molecule has 2 amide bonds. The molecule has 8 nitrogen and oxygen atoms in total. The maximum Gasteiger partial charge on any atom is 0.254 e. The average molecular weight is 447 g/mol. The largest absolute Gasteiger partial charge is 0.497 e. The van der Waals surface area contributed by atoms with Crippen molar-refractivity contribution in [2.45, 2.75) is 19.3 Å². The monoisotopic (exact) mass is 446 g/mol. The second-order valence-electron chi connectivity index (χ2n) is 7.97. The van der Waals surface area contributed by atoms with Crippen molar-refractivity contribution >= 4 is 11.8 Å². The fourth-order valence-electron chi connectivity index (χ4n) is 4.10. The predicted octanol–water partition coefficient (Wildman–Crippen LogP) is 3.20. The fraction of sp³-hybridized carbons (Fsp3) is 0.280. The number of aromatic nitrogens is 2. The Labute approximate surface area is 192 Å². The van der Waals surface area contributed by atoms with Gasteiger partial charge in [-0.25, -0.2) is 9.97 Å². The predicted molar refractivity (Wildman–Crippen MR) is 124 cm³/mol. The van der Waals surface area contributed by atoms with E-state index in [1.54, 1.807) is 27.2 Å². The zero-order chi connectivity index (χ0) is 23.5. The van der Waals surface area contributed by atoms with Gasteiger partial charge < -0.3 is 20.1 Å². The van der Waals surface area contributed by atoms with Gasteiger partial charge in [-0.3, -0.25) is 9.59 Å². The molecular weight excluding hydrogens is 420 g/mol. The third-order valence-electron chi connectivity index (χ3n) is 5.96. The number of hydrogen-bond donors (Lipinski definition) is 1. The number of nitrogens with two attached hydrogens (primary N) is 1. The summed E-state index contributed by atoms with van der Waals surface area (Å²) in [5.41, 5.74) is 8.53. The van der Waals surface area contributed by atoms with Gasteiger partial charge in [-0.05, 0) is 54.8 Å². The van der Waals surface area contributed by atoms with Crippen LogP contribution in [-0.2, 0) is 0 Å². The highest BCUT2D eigenvalue weighted by Gasteiger charge is 2.31. The van der Waals surface area contributed by atoms with Crippen molar-refractivity contribution in [1.29, 1.82) is 0 Å². The first-order chi connectivity index (χ1) is 15.9. The number of primary amides is 1. The van der Waals surface area contributed by atoms with E-state index in [1.807, 2.05) is 41.3 Å². The number of methoxy groups -OCH3 is 2. The quantitative estimate of drug-likeness (QED) is 0.623. The highest BCUT2D eigenvalue weighted by molar-refractivity contribution is 6.01. The minimum absolute atomic E-state index is 0.00961. The Hall–Kier alpha value is -3.94. The fourth-order valence-corrected chi connectivity index (χ4v) is 4.10. The Morgan fingerprint density at radius 2 is 1.73 bits per heavy atom. The molecule has 2 aromatic carbocycles. The smallest absolute Gasteiger partial charge is 0.254 e. The van der Waals surface area contributed by atoms with Crippen molar-refractivity contribution < 1.29 is 19.1 Å². The van der Waals surface area contributed by atoms with Gasteiger partial charge in [0, 0.05) is 25.2 Å². The molecule has 0 radical (unpaired) electrons. The molecule has 0 spiro atoms. The summed E-state index contributed by atoms with van der Waals surface area (Å²) in [6.45, 7) is 2.82. The lowest BCUT2D eigenvalue weighted by Gasteiger charge is -2.19. The van der Waals surface area contributed by atoms with Crippen LogP contribution in [0.25, 0.3) is 11.1 Å². The summed E-state index contributed by atoms with van der Waals surface area (Å²) in [7, 11) is 3.20. The van der Waals surface area contributed by atoms with Crippen LogP contribution in [0.3, 0.4) is 0 Å². The zero-order valence-electron chi connectivity index (χ0n) is 18.9. The van der Waals surface area contributed by atoms with Gasteiger partial charge in [-0.15, -0.1) is 0 Å². The van der Waals surface area contributed by atoms with E-state index in [9.17, 15) is 9.59 Å². The Kier molecular flexibility index (Phi) is 6.26. The molecule has 4 rings (SSSR count). The molecule has 1 fully saturated rings. The third kappa shape index (κ3) is 4.50. The van der Waals surface area contributed by atoms with Crippen LogP contribution in [-0.4, -0.2) is 54.0 Å². The van der Waals surface area contributed by atoms with Gasteiger partial charge in [0.1, 0.15) is 17.3 Å². The van der Waals surface area contributed by atoms with E-state index < -0.39 is 5.91 Å². The van der Waals surface area contributed by atoms with E-state index in [2.05, 4.69) is 9.97 Å². The first-order valence-electron chi connectivity index (χ1n) is 10.7. The summed E-state index contributed by atoms with van der Waals surface area (Å²) < 4.78 is 10.6. The van der Waals surface area contributed by atoms with Gasteiger partial charge in [0.05, 0.1) is 31.0 Å². The van der Waals surface area contributed by atoms with Crippen molar-refractivity contribution in [3.8, 4) is 22.6 Å². The van der Waals surface area contributed by atoms with Crippen molar-refractivity contribution in [3.05, 3.63) is 71.3 Å². The summed E-state index contributed by atoms with van der Waals surface area (Å²) in [6, 6.07) is 13.1. The van der Waals surface area contributed by atoms with Crippen LogP contribution in [0.2, 0.25) is 0 Å². The van der Waals surface area contributed by atoms with Crippen LogP contribution in [0.4, 0.5) is 0 Å². The van der Waals surface area contributed by atoms with Crippen LogP contribution in [0.1, 0.15) is 44.6 Å². The normalized spacial score (nSPS) is 15.4. The maximum absolute atomic E-state index is 13.6. The molecule has 1 aliphatic heterocycles. The number of nitrogens with zero attached hydrogens (tertiary/aromatic N) is 3. The summed E-state index contributed by atoms with van der Waals surface area (Å²) in [5, 5.41) is 0. The summed E-state index contributed by atoms with van der Waals surface area (Å²) >= 11 is 0. The van der Waals surface area contributed by atoms with E-state index >= 15 is 0 Å². The molecule has 0 bridgehead atoms. The lowest BCUT2D eigenvalue weighted by Crippen LogP contribution is -2.29. The highest BCUT2D eigenvalue weighted by atomic mass is 16.5. The Balaban J connectivity index is 1.60. The number of hydrogen-bond acceptors (Lipinski definition) is 6. The number of benzene rings is 2. The van der Waals surface area contributed by atoms with Crippen LogP contribution < -0.4 is 15.2 Å². The summed E-state index contributed by atoms with van der Waals surface area (Å²) in [6.07, 6.45) is 2.21. The van der Waals surface area contributed by atoms with Crippen LogP contribution in [0.15, 0.2) is 48.7 Å². The first kappa shape index (κ1) is 22.3. The second kappa shape index (κ2) is 9.28. The Morgan fingerprint density at radius 1 is 1.03 bits per heavy atom. The molecule has 170 valence electrons. The molecule has 0 saturated carbocycles. The molecule has 1 atom stereocenters. The van der Waals surface area contributed by atoms with Crippen molar-refractivity contribution in [2.75, 3.05) is 27.3 Å². The SMILES string of the molecule is COc1ccc(-c2ccc(OC)cc2C(=O)N2CC[C@@H](c3ncc(C(N)=O)c(C)n3)C2)cc1. The highest BCUT2D eigenvalue weighted by Crippen LogP contribution is 2.32. The molecule has 1 aliphatic rings. The van der Waals surface area contributed by atoms with Gasteiger partial charge in [-0.1, -0.05) is 12.1 Å². The molecule has 1 aromatic heterocycles. The van der Waals surface area contributed by atoms with Gasteiger partial charge in [0.15, 0.2) is 0 Å². The van der Waals surface area contributed by atoms with Crippen LogP contribution in [0.5, 0.6) is 11.5 Å². The standard InChI is InChI=1S/C25H26N4O4/c1-15-22(23(26)30)13-27-24(28-15)17-10-11-29(14-17)25(31)21-12-19(33-3)8-9-20(21)16-4-6-18(32-2)7-5-16/h4-9,12-13,17H,10-11,14H2,1-3H3,(H2,26,30)/t17-/m1/s1. The number of likely N-dealkylation sites (tertiary alicyclic amines) is 1. The van der Waals surface area contributed by atoms with E-state index in [4.69, 9.17) is 15.2 Å². The molecule has 2 N–H and O–H groups in total. The number of ether oxygens (including phenoxy) is 2. The van der Waals surface area contributed by atoms with Gasteiger partial charge >= 0.3 is 0 Å². The second-order valence-corrected chi connectivity index (χ2v) is 7.97. The van der Waals surface area contributed by atoms with E-state index in [1.165, 1.54) is 6.20 Å². The van der Waals surface area contributed by atoms with Gasteiger partial charge in [0.25, 0.3) is 11.8 Å². The third-order valence-corrected chi connectivity index (χ3v) is 5.96. The van der Waals surface area contributed by atoms with Crippen LogP contribution >= 0.6 is 0 Å². The lowest BCUT2D eigenvalue weighted by atomic mass is 9.98. The molecule has 0 aliphatic carbocycles. The lowest BCUT2D eigenvalue weighted by molar-refractivity contribution is 0.0790. The number of amides is 2. The summed E-state index contributed by atoms with van der Waals surface area (Å²) in [4.78, 5) is 35.6. The maximum atomic E-state index is 13.6. The number of aryl methyl sites for hydroxylation is 1. The molecule has 0 unspecified atom stereocenters. The Bertz CT molecular complexity index is 1190. The van der Waals surface area contributed by atoms with Crippen molar-refractivity contribution in [2.24, 2.45) is 5.73 Å². The van der Waals surface area contributed by atoms with Crippen LogP contribution in [0, 0.1) is 6.92 Å². The molecule has 3 aromatic rings. The number of carbonyl (C=O) groups is 2. The van der Waals surface area contributed by atoms with Crippen molar-refractivity contribution in [1.82, 2.24) is 14.9 Å². The first-order valence-corrected chi connectivity index (χ1v) is 10.7. The van der Waals surface area contributed by atoms with E-state index in [0.29, 0.717) is 41.5 Å².